The summed E-state index contributed by atoms with van der Waals surface area (Å²) >= 11 is 0. The number of likely N-dealkylation sites (N-methyl/N-ethyl adjacent to an activating group) is 1. The van der Waals surface area contributed by atoms with Gasteiger partial charge < -0.3 is 14.4 Å². The first-order valence-electron chi connectivity index (χ1n) is 11.2. The summed E-state index contributed by atoms with van der Waals surface area (Å²) in [5.41, 5.74) is 3.41. The Kier molecular flexibility index (Phi) is 7.25. The Bertz CT molecular complexity index is 1090. The van der Waals surface area contributed by atoms with Crippen LogP contribution < -0.4 is 15.5 Å². The molecule has 11 heteroatoms. The number of ether oxygens (including phenoxy) is 2. The lowest BCUT2D eigenvalue weighted by Gasteiger charge is -2.34. The van der Waals surface area contributed by atoms with E-state index in [1.54, 1.807) is 24.1 Å². The van der Waals surface area contributed by atoms with Crippen molar-refractivity contribution in [2.24, 2.45) is 11.0 Å². The van der Waals surface area contributed by atoms with Crippen molar-refractivity contribution in [2.75, 3.05) is 27.2 Å². The molecule has 2 aliphatic heterocycles. The molecule has 0 saturated carbocycles. The van der Waals surface area contributed by atoms with Gasteiger partial charge >= 0.3 is 6.18 Å². The Labute approximate surface area is 200 Å². The van der Waals surface area contributed by atoms with Crippen LogP contribution in [-0.4, -0.2) is 54.9 Å². The van der Waals surface area contributed by atoms with Crippen LogP contribution in [0.1, 0.15) is 28.9 Å². The van der Waals surface area contributed by atoms with Gasteiger partial charge in [-0.1, -0.05) is 0 Å². The zero-order valence-electron chi connectivity index (χ0n) is 19.3. The number of halogens is 3. The van der Waals surface area contributed by atoms with Gasteiger partial charge in [-0.15, -0.1) is 0 Å². The van der Waals surface area contributed by atoms with Crippen molar-refractivity contribution in [2.45, 2.75) is 25.2 Å². The molecule has 4 rings (SSSR count). The summed E-state index contributed by atoms with van der Waals surface area (Å²) in [6, 6.07) is 7.49. The molecule has 2 aliphatic rings. The first kappa shape index (κ1) is 24.5. The van der Waals surface area contributed by atoms with E-state index in [4.69, 9.17) is 9.47 Å². The normalized spacial score (nSPS) is 18.9. The fourth-order valence-electron chi connectivity index (χ4n) is 4.01. The van der Waals surface area contributed by atoms with E-state index in [-0.39, 0.29) is 29.4 Å². The van der Waals surface area contributed by atoms with Crippen molar-refractivity contribution in [3.63, 3.8) is 0 Å². The number of benzene rings is 1. The number of carbonyl (C=O) groups excluding carboxylic acids is 1. The summed E-state index contributed by atoms with van der Waals surface area (Å²) in [7, 11) is 3.45. The number of piperidine rings is 1. The predicted octanol–water partition coefficient (Wildman–Crippen LogP) is 3.78. The molecule has 1 amide bonds. The van der Waals surface area contributed by atoms with Crippen LogP contribution in [0, 0.1) is 5.92 Å². The molecule has 1 atom stereocenters. The number of pyridine rings is 1. The molecule has 2 N–H and O–H groups in total. The molecule has 0 radical (unpaired) electrons. The molecule has 1 aromatic heterocycles. The Morgan fingerprint density at radius 1 is 1.11 bits per heavy atom. The van der Waals surface area contributed by atoms with Crippen molar-refractivity contribution in [1.29, 1.82) is 0 Å². The Balaban J connectivity index is 1.33. The van der Waals surface area contributed by atoms with Crippen molar-refractivity contribution in [1.82, 2.24) is 20.6 Å². The first-order valence-corrected chi connectivity index (χ1v) is 11.2. The van der Waals surface area contributed by atoms with Gasteiger partial charge in [0.05, 0.1) is 18.9 Å². The molecule has 3 heterocycles. The average Bonchev–Trinajstić information content (AvgIpc) is 2.88. The van der Waals surface area contributed by atoms with Gasteiger partial charge in [0.2, 0.25) is 0 Å². The second-order valence-electron chi connectivity index (χ2n) is 8.20. The number of rotatable bonds is 6. The van der Waals surface area contributed by atoms with Crippen LogP contribution in [0.15, 0.2) is 59.5 Å². The highest BCUT2D eigenvalue weighted by Crippen LogP contribution is 2.31. The molecule has 1 aromatic carbocycles. The van der Waals surface area contributed by atoms with Crippen molar-refractivity contribution in [3.8, 4) is 11.5 Å². The van der Waals surface area contributed by atoms with E-state index in [0.717, 1.165) is 36.4 Å². The highest BCUT2D eigenvalue weighted by molar-refractivity contribution is 6.01. The van der Waals surface area contributed by atoms with Crippen LogP contribution in [0.3, 0.4) is 0 Å². The minimum atomic E-state index is -4.41. The molecule has 0 spiro atoms. The van der Waals surface area contributed by atoms with Gasteiger partial charge in [0.15, 0.2) is 0 Å². The third-order valence-corrected chi connectivity index (χ3v) is 5.97. The molecule has 0 aliphatic carbocycles. The van der Waals surface area contributed by atoms with Gasteiger partial charge in [-0.05, 0) is 62.4 Å². The van der Waals surface area contributed by atoms with Gasteiger partial charge in [0.25, 0.3) is 5.91 Å². The lowest BCUT2D eigenvalue weighted by Crippen LogP contribution is -2.44. The topological polar surface area (TPSA) is 88.1 Å². The summed E-state index contributed by atoms with van der Waals surface area (Å²) in [4.78, 5) is 18.9. The molecule has 1 saturated heterocycles. The standard InChI is InChI=1S/C24H26F3N5O3/c1-28-21-13-20(34-2)22(31-30-21)15-9-11-32(12-10-15)23(33)19-8-7-18(14-29-19)35-17-5-3-16(4-6-17)24(25,26)27/h3-8,13-15,21,28,30H,9-12H2,1-2H3. The van der Waals surface area contributed by atoms with E-state index in [9.17, 15) is 18.0 Å². The van der Waals surface area contributed by atoms with Crippen LogP contribution in [-0.2, 0) is 10.9 Å². The maximum absolute atomic E-state index is 12.9. The number of aromatic nitrogens is 1. The number of amides is 1. The third-order valence-electron chi connectivity index (χ3n) is 5.97. The predicted molar refractivity (Wildman–Crippen MR) is 123 cm³/mol. The molecule has 8 nitrogen and oxygen atoms in total. The SMILES string of the molecule is CNC1C=C(OC)C(C2CCN(C(=O)c3ccc(Oc4ccc(C(F)(F)F)cc4)cn3)CC2)=NN1. The smallest absolute Gasteiger partial charge is 0.416 e. The fraction of sp³-hybridized carbons (Fsp3) is 0.375. The first-order chi connectivity index (χ1) is 16.8. The van der Waals surface area contributed by atoms with E-state index in [2.05, 4.69) is 20.8 Å². The summed E-state index contributed by atoms with van der Waals surface area (Å²) in [6.07, 6.45) is 0.313. The number of carbonyl (C=O) groups is 1. The van der Waals surface area contributed by atoms with Crippen LogP contribution >= 0.6 is 0 Å². The number of methoxy groups -OCH3 is 1. The number of hydrogen-bond acceptors (Lipinski definition) is 7. The number of nitrogens with zero attached hydrogens (tertiary/aromatic N) is 3. The second kappa shape index (κ2) is 10.3. The molecular weight excluding hydrogens is 463 g/mol. The van der Waals surface area contributed by atoms with Crippen molar-refractivity contribution in [3.05, 3.63) is 65.7 Å². The number of hydrazone groups is 1. The Morgan fingerprint density at radius 3 is 2.37 bits per heavy atom. The molecule has 2 aromatic rings. The Hall–Kier alpha value is -3.60. The molecule has 35 heavy (non-hydrogen) atoms. The number of allylic oxidation sites excluding steroid dienone is 1. The van der Waals surface area contributed by atoms with Gasteiger partial charge in [-0.3, -0.25) is 15.5 Å². The maximum Gasteiger partial charge on any atom is 0.416 e. The van der Waals surface area contributed by atoms with E-state index >= 15 is 0 Å². The van der Waals surface area contributed by atoms with E-state index < -0.39 is 11.7 Å². The van der Waals surface area contributed by atoms with E-state index in [0.29, 0.717) is 18.8 Å². The zero-order valence-corrected chi connectivity index (χ0v) is 19.3. The van der Waals surface area contributed by atoms with Gasteiger partial charge in [0.1, 0.15) is 34.8 Å². The minimum Gasteiger partial charge on any atom is -0.495 e. The number of nitrogens with one attached hydrogen (secondary N) is 2. The number of hydrogen-bond donors (Lipinski definition) is 2. The van der Waals surface area contributed by atoms with Crippen molar-refractivity contribution >= 4 is 11.6 Å². The summed E-state index contributed by atoms with van der Waals surface area (Å²) in [5, 5.41) is 7.54. The largest absolute Gasteiger partial charge is 0.495 e. The van der Waals surface area contributed by atoms with Gasteiger partial charge in [-0.25, -0.2) is 4.98 Å². The quantitative estimate of drug-likeness (QED) is 0.642. The fourth-order valence-corrected chi connectivity index (χ4v) is 4.01. The van der Waals surface area contributed by atoms with Gasteiger partial charge in [0, 0.05) is 19.0 Å². The molecule has 1 fully saturated rings. The van der Waals surface area contributed by atoms with Crippen LogP contribution in [0.4, 0.5) is 13.2 Å². The van der Waals surface area contributed by atoms with Gasteiger partial charge in [-0.2, -0.15) is 18.3 Å². The summed E-state index contributed by atoms with van der Waals surface area (Å²) in [6.45, 7) is 1.11. The molecule has 0 bridgehead atoms. The zero-order chi connectivity index (χ0) is 25.0. The monoisotopic (exact) mass is 489 g/mol. The highest BCUT2D eigenvalue weighted by atomic mass is 19.4. The van der Waals surface area contributed by atoms with Crippen LogP contribution in [0.5, 0.6) is 11.5 Å². The lowest BCUT2D eigenvalue weighted by atomic mass is 9.90. The lowest BCUT2D eigenvalue weighted by molar-refractivity contribution is -0.137. The van der Waals surface area contributed by atoms with Crippen molar-refractivity contribution < 1.29 is 27.4 Å². The molecular formula is C24H26F3N5O3. The second-order valence-corrected chi connectivity index (χ2v) is 8.20. The minimum absolute atomic E-state index is 0.0901. The van der Waals surface area contributed by atoms with Crippen LogP contribution in [0.2, 0.25) is 0 Å². The number of likely N-dealkylation sites (tertiary alicyclic amines) is 1. The molecule has 186 valence electrons. The van der Waals surface area contributed by atoms with E-state index in [1.165, 1.54) is 18.3 Å². The highest BCUT2D eigenvalue weighted by Gasteiger charge is 2.31. The van der Waals surface area contributed by atoms with E-state index in [1.807, 2.05) is 13.1 Å². The summed E-state index contributed by atoms with van der Waals surface area (Å²) in [5.74, 6) is 1.28. The molecule has 1 unspecified atom stereocenters. The Morgan fingerprint density at radius 2 is 1.80 bits per heavy atom. The summed E-state index contributed by atoms with van der Waals surface area (Å²) < 4.78 is 49.1. The average molecular weight is 489 g/mol. The maximum atomic E-state index is 12.9. The third kappa shape index (κ3) is 5.73. The van der Waals surface area contributed by atoms with Crippen LogP contribution in [0.25, 0.3) is 0 Å². The number of alkyl halides is 3.